The molecule has 3 aromatic carbocycles. The quantitative estimate of drug-likeness (QED) is 0.493. The van der Waals surface area contributed by atoms with Crippen LogP contribution in [0.3, 0.4) is 0 Å². The summed E-state index contributed by atoms with van der Waals surface area (Å²) in [5.74, 6) is 1.67. The molecule has 0 aromatic heterocycles. The van der Waals surface area contributed by atoms with Crippen molar-refractivity contribution in [2.45, 2.75) is 30.8 Å². The minimum atomic E-state index is 0.271. The van der Waals surface area contributed by atoms with E-state index in [1.807, 2.05) is 24.3 Å². The van der Waals surface area contributed by atoms with Crippen LogP contribution < -0.4 is 15.4 Å². The summed E-state index contributed by atoms with van der Waals surface area (Å²) in [7, 11) is 1.69. The maximum Gasteiger partial charge on any atom is 0.171 e. The van der Waals surface area contributed by atoms with Crippen LogP contribution in [-0.4, -0.2) is 42.3 Å². The van der Waals surface area contributed by atoms with Crippen molar-refractivity contribution in [2.24, 2.45) is 5.92 Å². The summed E-state index contributed by atoms with van der Waals surface area (Å²) in [6.45, 7) is 2.30. The standard InChI is InChI=1S/C28H31N3OS/c1-32-24-15-9-8-14-23(24)29-28(33)30-26-22-16-18-31(19-17-22)27(26)25(20-10-4-2-5-11-20)21-12-6-3-7-13-21/h2-15,22,25-27H,16-19H2,1H3,(H2,29,30,33)/t26-,27?/m1/s1. The molecular weight excluding hydrogens is 426 g/mol. The molecule has 2 atom stereocenters. The van der Waals surface area contributed by atoms with Gasteiger partial charge in [-0.15, -0.1) is 0 Å². The molecule has 0 spiro atoms. The summed E-state index contributed by atoms with van der Waals surface area (Å²) < 4.78 is 5.50. The van der Waals surface area contributed by atoms with Crippen molar-refractivity contribution >= 4 is 23.0 Å². The molecule has 6 rings (SSSR count). The zero-order valence-electron chi connectivity index (χ0n) is 19.0. The average Bonchev–Trinajstić information content (AvgIpc) is 2.87. The molecule has 2 bridgehead atoms. The lowest BCUT2D eigenvalue weighted by molar-refractivity contribution is 0.0129. The number of hydrogen-bond acceptors (Lipinski definition) is 3. The van der Waals surface area contributed by atoms with Crippen LogP contribution in [0.15, 0.2) is 84.9 Å². The summed E-state index contributed by atoms with van der Waals surface area (Å²) in [6, 6.07) is 30.4. The number of nitrogens with one attached hydrogen (secondary N) is 2. The lowest BCUT2D eigenvalue weighted by atomic mass is 9.70. The van der Waals surface area contributed by atoms with Crippen LogP contribution in [-0.2, 0) is 0 Å². The zero-order chi connectivity index (χ0) is 22.6. The largest absolute Gasteiger partial charge is 0.495 e. The van der Waals surface area contributed by atoms with E-state index >= 15 is 0 Å². The van der Waals surface area contributed by atoms with Gasteiger partial charge in [-0.2, -0.15) is 0 Å². The lowest BCUT2D eigenvalue weighted by Gasteiger charge is -2.54. The third-order valence-corrected chi connectivity index (χ3v) is 7.40. The Morgan fingerprint density at radius 1 is 0.879 bits per heavy atom. The Kier molecular flexibility index (Phi) is 6.60. The summed E-state index contributed by atoms with van der Waals surface area (Å²) in [6.07, 6.45) is 2.42. The molecule has 3 aliphatic heterocycles. The number of fused-ring (bicyclic) bond motifs is 3. The molecule has 170 valence electrons. The molecule has 3 aliphatic rings. The summed E-state index contributed by atoms with van der Waals surface area (Å²) in [4.78, 5) is 2.67. The third-order valence-electron chi connectivity index (χ3n) is 7.18. The number of nitrogens with zero attached hydrogens (tertiary/aromatic N) is 1. The van der Waals surface area contributed by atoms with E-state index in [1.54, 1.807) is 7.11 Å². The van der Waals surface area contributed by atoms with Gasteiger partial charge in [0.15, 0.2) is 5.11 Å². The number of anilines is 1. The highest BCUT2D eigenvalue weighted by molar-refractivity contribution is 7.80. The smallest absolute Gasteiger partial charge is 0.171 e. The zero-order valence-corrected chi connectivity index (χ0v) is 19.8. The highest BCUT2D eigenvalue weighted by Gasteiger charge is 2.46. The Balaban J connectivity index is 1.46. The Bertz CT molecular complexity index is 1030. The number of hydrogen-bond donors (Lipinski definition) is 2. The number of rotatable bonds is 6. The number of benzene rings is 3. The highest BCUT2D eigenvalue weighted by atomic mass is 32.1. The minimum absolute atomic E-state index is 0.271. The van der Waals surface area contributed by atoms with Crippen LogP contribution in [0.1, 0.15) is 29.9 Å². The van der Waals surface area contributed by atoms with E-state index in [4.69, 9.17) is 17.0 Å². The van der Waals surface area contributed by atoms with E-state index in [0.717, 1.165) is 24.5 Å². The Hall–Kier alpha value is -2.89. The van der Waals surface area contributed by atoms with Gasteiger partial charge >= 0.3 is 0 Å². The third kappa shape index (κ3) is 4.61. The van der Waals surface area contributed by atoms with Crippen LogP contribution in [0.2, 0.25) is 0 Å². The second-order valence-corrected chi connectivity index (χ2v) is 9.40. The molecule has 3 saturated heterocycles. The summed E-state index contributed by atoms with van der Waals surface area (Å²) in [5.41, 5.74) is 3.60. The molecule has 0 amide bonds. The number of methoxy groups -OCH3 is 1. The SMILES string of the molecule is COc1ccccc1NC(=S)N[C@@H]1C2CCN(CC2)C1C(c1ccccc1)c1ccccc1. The van der Waals surface area contributed by atoms with Crippen molar-refractivity contribution in [3.63, 3.8) is 0 Å². The maximum atomic E-state index is 5.82. The first kappa shape index (κ1) is 21.9. The fraction of sp³-hybridized carbons (Fsp3) is 0.321. The molecule has 2 N–H and O–H groups in total. The van der Waals surface area contributed by atoms with Gasteiger partial charge in [-0.05, 0) is 67.3 Å². The molecule has 0 radical (unpaired) electrons. The first-order valence-corrected chi connectivity index (χ1v) is 12.2. The van der Waals surface area contributed by atoms with Gasteiger partial charge in [-0.25, -0.2) is 0 Å². The Morgan fingerprint density at radius 2 is 1.45 bits per heavy atom. The number of thiocarbonyl (C=S) groups is 1. The van der Waals surface area contributed by atoms with Crippen molar-refractivity contribution in [1.29, 1.82) is 0 Å². The van der Waals surface area contributed by atoms with Crippen LogP contribution in [0, 0.1) is 5.92 Å². The van der Waals surface area contributed by atoms with Gasteiger partial charge in [0, 0.05) is 18.0 Å². The Labute approximate surface area is 202 Å². The maximum absolute atomic E-state index is 5.82. The molecule has 33 heavy (non-hydrogen) atoms. The number of piperidine rings is 3. The number of para-hydroxylation sites is 2. The molecule has 5 heteroatoms. The molecular formula is C28H31N3OS. The fourth-order valence-corrected chi connectivity index (χ4v) is 5.92. The monoisotopic (exact) mass is 457 g/mol. The predicted molar refractivity (Wildman–Crippen MR) is 139 cm³/mol. The molecule has 4 nitrogen and oxygen atoms in total. The topological polar surface area (TPSA) is 36.5 Å². The van der Waals surface area contributed by atoms with Gasteiger partial charge in [-0.3, -0.25) is 4.90 Å². The highest BCUT2D eigenvalue weighted by Crippen LogP contribution is 2.42. The second kappa shape index (κ2) is 9.94. The van der Waals surface area contributed by atoms with E-state index in [2.05, 4.69) is 76.2 Å². The van der Waals surface area contributed by atoms with Crippen LogP contribution in [0.25, 0.3) is 0 Å². The molecule has 0 aliphatic carbocycles. The molecule has 0 saturated carbocycles. The van der Waals surface area contributed by atoms with Crippen molar-refractivity contribution in [3.8, 4) is 5.75 Å². The van der Waals surface area contributed by atoms with Gasteiger partial charge in [0.1, 0.15) is 5.75 Å². The van der Waals surface area contributed by atoms with Gasteiger partial charge in [0.25, 0.3) is 0 Å². The Morgan fingerprint density at radius 3 is 2.06 bits per heavy atom. The lowest BCUT2D eigenvalue weighted by Crippen LogP contribution is -2.65. The molecule has 1 unspecified atom stereocenters. The van der Waals surface area contributed by atoms with Gasteiger partial charge in [0.2, 0.25) is 0 Å². The molecule has 3 heterocycles. The van der Waals surface area contributed by atoms with Crippen molar-refractivity contribution in [3.05, 3.63) is 96.1 Å². The van der Waals surface area contributed by atoms with Crippen molar-refractivity contribution < 1.29 is 4.74 Å². The van der Waals surface area contributed by atoms with Crippen LogP contribution >= 0.6 is 12.2 Å². The predicted octanol–water partition coefficient (Wildman–Crippen LogP) is 5.28. The first-order valence-electron chi connectivity index (χ1n) is 11.8. The summed E-state index contributed by atoms with van der Waals surface area (Å²) in [5, 5.41) is 7.78. The van der Waals surface area contributed by atoms with Gasteiger partial charge in [-0.1, -0.05) is 72.8 Å². The average molecular weight is 458 g/mol. The molecule has 3 aromatic rings. The van der Waals surface area contributed by atoms with Gasteiger partial charge < -0.3 is 15.4 Å². The van der Waals surface area contributed by atoms with E-state index in [-0.39, 0.29) is 12.0 Å². The normalized spacial score (nSPS) is 23.8. The van der Waals surface area contributed by atoms with E-state index in [0.29, 0.717) is 17.1 Å². The van der Waals surface area contributed by atoms with Crippen molar-refractivity contribution in [2.75, 3.05) is 25.5 Å². The summed E-state index contributed by atoms with van der Waals surface area (Å²) >= 11 is 5.82. The second-order valence-electron chi connectivity index (χ2n) is 8.99. The van der Waals surface area contributed by atoms with Gasteiger partial charge in [0.05, 0.1) is 12.8 Å². The van der Waals surface area contributed by atoms with E-state index in [1.165, 1.54) is 24.0 Å². The fourth-order valence-electron chi connectivity index (χ4n) is 5.67. The van der Waals surface area contributed by atoms with E-state index in [9.17, 15) is 0 Å². The first-order chi connectivity index (χ1) is 16.2. The van der Waals surface area contributed by atoms with E-state index < -0.39 is 0 Å². The molecule has 3 fully saturated rings. The number of ether oxygens (including phenoxy) is 1. The van der Waals surface area contributed by atoms with Crippen LogP contribution in [0.5, 0.6) is 5.75 Å². The minimum Gasteiger partial charge on any atom is -0.495 e. The van der Waals surface area contributed by atoms with Crippen LogP contribution in [0.4, 0.5) is 5.69 Å². The van der Waals surface area contributed by atoms with Crippen molar-refractivity contribution in [1.82, 2.24) is 10.2 Å².